The third kappa shape index (κ3) is 13.5. The molecule has 3 aliphatic rings. The van der Waals surface area contributed by atoms with Crippen LogP contribution < -0.4 is 26.0 Å². The Morgan fingerprint density at radius 1 is 0.905 bits per heavy atom. The summed E-state index contributed by atoms with van der Waals surface area (Å²) in [6.45, 7) is 14.6. The number of nitrogens with zero attached hydrogens (tertiary/aromatic N) is 7. The van der Waals surface area contributed by atoms with Gasteiger partial charge in [0.05, 0.1) is 47.9 Å². The number of anilines is 2. The molecule has 5 atom stereocenters. The quantitative estimate of drug-likeness (QED) is 0.0662. The Kier molecular flexibility index (Phi) is 17.5. The van der Waals surface area contributed by atoms with E-state index in [1.54, 1.807) is 35.6 Å². The van der Waals surface area contributed by atoms with E-state index in [0.29, 0.717) is 43.2 Å². The highest BCUT2D eigenvalue weighted by atomic mass is 32.1. The summed E-state index contributed by atoms with van der Waals surface area (Å²) in [6, 6.07) is 23.0. The van der Waals surface area contributed by atoms with E-state index in [-0.39, 0.29) is 74.5 Å². The van der Waals surface area contributed by atoms with Crippen LogP contribution >= 0.6 is 11.3 Å². The number of hydrogen-bond donors (Lipinski definition) is 5. The van der Waals surface area contributed by atoms with Crippen LogP contribution in [-0.2, 0) is 30.5 Å². The van der Waals surface area contributed by atoms with Crippen molar-refractivity contribution in [2.45, 2.75) is 104 Å². The number of likely N-dealkylation sites (tertiary alicyclic amines) is 2. The lowest BCUT2D eigenvalue weighted by molar-refractivity contribution is -0.144. The highest BCUT2D eigenvalue weighted by Crippen LogP contribution is 2.33. The van der Waals surface area contributed by atoms with Gasteiger partial charge in [-0.2, -0.15) is 0 Å². The van der Waals surface area contributed by atoms with Crippen LogP contribution in [0.15, 0.2) is 84.4 Å². The van der Waals surface area contributed by atoms with Gasteiger partial charge < -0.3 is 50.8 Å². The summed E-state index contributed by atoms with van der Waals surface area (Å²) in [5, 5.41) is 35.2. The van der Waals surface area contributed by atoms with Crippen molar-refractivity contribution in [3.8, 4) is 33.2 Å². The lowest BCUT2D eigenvalue weighted by atomic mass is 9.85. The Morgan fingerprint density at radius 2 is 1.64 bits per heavy atom. The van der Waals surface area contributed by atoms with Gasteiger partial charge in [0, 0.05) is 76.0 Å². The van der Waals surface area contributed by atoms with Gasteiger partial charge in [-0.25, -0.2) is 4.98 Å². The topological polar surface area (TPSA) is 229 Å². The molecule has 0 aliphatic carbocycles. The second-order valence-electron chi connectivity index (χ2n) is 20.6. The predicted octanol–water partition coefficient (Wildman–Crippen LogP) is 5.72. The van der Waals surface area contributed by atoms with Crippen LogP contribution in [0.3, 0.4) is 0 Å². The number of aliphatic hydroxyl groups is 1. The minimum atomic E-state index is -0.963. The molecule has 3 aliphatic heterocycles. The molecule has 0 bridgehead atoms. The molecule has 6 N–H and O–H groups in total. The molecule has 3 aromatic carbocycles. The number of aryl methyl sites for hydroxylation is 1. The van der Waals surface area contributed by atoms with Gasteiger partial charge in [0.2, 0.25) is 23.6 Å². The van der Waals surface area contributed by atoms with E-state index in [4.69, 9.17) is 15.2 Å². The average Bonchev–Trinajstić information content (AvgIpc) is 4.01. The standard InChI is InChI=1S/C55H70N10O8S/c1-35(38-14-16-39(17-15-38)50-36(2)57-34-74-50)58-53(70)45-29-41(66)32-65(45)54(71)51(55(3,4)5)59-48(68)20-27-72-28-21-49(69)64-25-23-63(24-26-64)40-18-12-37(13-19-40)31-62-22-8-9-42(33-62)73-47-30-44(60-61-52(47)56)43-10-6-7-11-46(43)67/h6-7,10-19,30,34-35,41-42,45,51,66-67H,8-9,20-29,31-33H2,1-5H3,(H2,56,61)(H,58,70)(H,59,68)/t35-,41+,42?,45-,51+/m0/s1. The highest BCUT2D eigenvalue weighted by molar-refractivity contribution is 7.13. The van der Waals surface area contributed by atoms with Crippen molar-refractivity contribution in [1.29, 1.82) is 0 Å². The van der Waals surface area contributed by atoms with E-state index in [1.807, 2.05) is 75.4 Å². The van der Waals surface area contributed by atoms with E-state index in [1.165, 1.54) is 10.5 Å². The number of carbonyl (C=O) groups excluding carboxylic acids is 4. The van der Waals surface area contributed by atoms with Crippen LogP contribution in [0.1, 0.15) is 82.7 Å². The van der Waals surface area contributed by atoms with Crippen LogP contribution in [0.25, 0.3) is 21.7 Å². The first-order chi connectivity index (χ1) is 35.5. The number of para-hydroxylation sites is 1. The van der Waals surface area contributed by atoms with Crippen LogP contribution in [0.4, 0.5) is 11.5 Å². The van der Waals surface area contributed by atoms with Crippen molar-refractivity contribution in [1.82, 2.24) is 40.5 Å². The number of piperazine rings is 1. The van der Waals surface area contributed by atoms with Crippen molar-refractivity contribution < 1.29 is 38.9 Å². The average molecular weight is 1030 g/mol. The number of phenols is 1. The number of ether oxygens (including phenoxy) is 2. The van der Waals surface area contributed by atoms with Gasteiger partial charge in [-0.1, -0.05) is 69.3 Å². The first-order valence-corrected chi connectivity index (χ1v) is 26.5. The monoisotopic (exact) mass is 1030 g/mol. The molecule has 19 heteroatoms. The zero-order chi connectivity index (χ0) is 52.5. The summed E-state index contributed by atoms with van der Waals surface area (Å²) in [5.41, 5.74) is 13.5. The Bertz CT molecular complexity index is 2720. The second kappa shape index (κ2) is 24.1. The number of rotatable bonds is 18. The molecule has 8 rings (SSSR count). The molecule has 0 saturated carbocycles. The fourth-order valence-corrected chi connectivity index (χ4v) is 10.7. The number of piperidine rings is 1. The Balaban J connectivity index is 0.731. The number of aromatic nitrogens is 3. The van der Waals surface area contributed by atoms with Gasteiger partial charge >= 0.3 is 0 Å². The van der Waals surface area contributed by atoms with Crippen LogP contribution in [0, 0.1) is 12.3 Å². The number of nitrogen functional groups attached to an aromatic ring is 1. The number of nitrogens with two attached hydrogens (primary N) is 1. The Labute approximate surface area is 437 Å². The predicted molar refractivity (Wildman–Crippen MR) is 284 cm³/mol. The largest absolute Gasteiger partial charge is 0.507 e. The maximum Gasteiger partial charge on any atom is 0.246 e. The molecule has 0 spiro atoms. The van der Waals surface area contributed by atoms with Crippen molar-refractivity contribution in [3.05, 3.63) is 101 Å². The molecule has 0 radical (unpaired) electrons. The van der Waals surface area contributed by atoms with Crippen molar-refractivity contribution in [2.75, 3.05) is 69.7 Å². The number of β-amino-alcohol motifs (C(OH)–C–C–N with tert-alkyl or cyclic N) is 1. The molecular weight excluding hydrogens is 961 g/mol. The molecule has 2 aromatic heterocycles. The summed E-state index contributed by atoms with van der Waals surface area (Å²) in [7, 11) is 0. The molecule has 3 fully saturated rings. The van der Waals surface area contributed by atoms with Gasteiger partial charge in [-0.3, -0.25) is 24.1 Å². The minimum Gasteiger partial charge on any atom is -0.507 e. The summed E-state index contributed by atoms with van der Waals surface area (Å²) in [4.78, 5) is 67.6. The van der Waals surface area contributed by atoms with E-state index in [0.717, 1.165) is 59.9 Å². The molecular formula is C55H70N10O8S. The lowest BCUT2D eigenvalue weighted by Gasteiger charge is -2.36. The molecule has 74 heavy (non-hydrogen) atoms. The van der Waals surface area contributed by atoms with Crippen molar-refractivity contribution in [2.24, 2.45) is 5.41 Å². The molecule has 4 amide bonds. The number of benzene rings is 3. The van der Waals surface area contributed by atoms with E-state index in [9.17, 15) is 29.4 Å². The molecule has 3 saturated heterocycles. The summed E-state index contributed by atoms with van der Waals surface area (Å²) < 4.78 is 12.1. The fraction of sp³-hybridized carbons (Fsp3) is 0.473. The van der Waals surface area contributed by atoms with E-state index in [2.05, 4.69) is 59.9 Å². The SMILES string of the molecule is Cc1ncsc1-c1ccc([C@H](C)NC(=O)[C@@H]2C[C@@H](O)CN2C(=O)[C@@H](NC(=O)CCOCCC(=O)N2CCN(c3ccc(CN4CCCC(Oc5cc(-c6ccccc6O)nnc5N)C4)cc3)CC2)C(C)(C)C)cc1. The van der Waals surface area contributed by atoms with E-state index >= 15 is 0 Å². The molecule has 5 aromatic rings. The number of carbonyl (C=O) groups is 4. The van der Waals surface area contributed by atoms with Gasteiger partial charge in [-0.05, 0) is 79.6 Å². The van der Waals surface area contributed by atoms with Crippen LogP contribution in [0.2, 0.25) is 0 Å². The van der Waals surface area contributed by atoms with Gasteiger partial charge in [0.1, 0.15) is 29.6 Å². The fourth-order valence-electron chi connectivity index (χ4n) is 9.85. The number of amides is 4. The number of phenolic OH excluding ortho intramolecular Hbond substituents is 1. The number of hydrogen-bond acceptors (Lipinski definition) is 15. The van der Waals surface area contributed by atoms with Gasteiger partial charge in [0.15, 0.2) is 11.6 Å². The third-order valence-corrected chi connectivity index (χ3v) is 15.0. The maximum atomic E-state index is 14.1. The number of nitrogens with one attached hydrogen (secondary N) is 2. The summed E-state index contributed by atoms with van der Waals surface area (Å²) in [5.74, 6) is -0.435. The molecule has 5 heterocycles. The highest BCUT2D eigenvalue weighted by Gasteiger charge is 2.45. The van der Waals surface area contributed by atoms with E-state index < -0.39 is 35.4 Å². The first kappa shape index (κ1) is 53.6. The zero-order valence-corrected chi connectivity index (χ0v) is 43.9. The second-order valence-corrected chi connectivity index (χ2v) is 21.5. The minimum absolute atomic E-state index is 0.00819. The molecule has 1 unspecified atom stereocenters. The first-order valence-electron chi connectivity index (χ1n) is 25.6. The number of aromatic hydroxyl groups is 1. The maximum absolute atomic E-state index is 14.1. The van der Waals surface area contributed by atoms with Crippen molar-refractivity contribution in [3.63, 3.8) is 0 Å². The van der Waals surface area contributed by atoms with Crippen molar-refractivity contribution >= 4 is 46.5 Å². The number of aliphatic hydroxyl groups excluding tert-OH is 1. The van der Waals surface area contributed by atoms with Gasteiger partial charge in [0.25, 0.3) is 0 Å². The Hall–Kier alpha value is -6.67. The summed E-state index contributed by atoms with van der Waals surface area (Å²) in [6.07, 6.45) is 1.16. The van der Waals surface area contributed by atoms with Gasteiger partial charge in [-0.15, -0.1) is 21.5 Å². The van der Waals surface area contributed by atoms with Crippen LogP contribution in [-0.4, -0.2) is 147 Å². The Morgan fingerprint density at radius 3 is 2.34 bits per heavy atom. The lowest BCUT2D eigenvalue weighted by Crippen LogP contribution is -2.58. The molecule has 394 valence electrons. The summed E-state index contributed by atoms with van der Waals surface area (Å²) >= 11 is 1.57. The smallest absolute Gasteiger partial charge is 0.246 e. The zero-order valence-electron chi connectivity index (χ0n) is 43.0. The molecule has 18 nitrogen and oxygen atoms in total. The third-order valence-electron chi connectivity index (χ3n) is 14.1. The van der Waals surface area contributed by atoms with Crippen LogP contribution in [0.5, 0.6) is 11.5 Å². The number of thiazole rings is 1. The normalized spacial score (nSPS) is 19.2.